The van der Waals surface area contributed by atoms with Crippen molar-refractivity contribution in [1.82, 2.24) is 5.32 Å². The third kappa shape index (κ3) is 4.35. The molecule has 6 heteroatoms. The largest absolute Gasteiger partial charge is 0.480 e. The van der Waals surface area contributed by atoms with Crippen molar-refractivity contribution in [3.63, 3.8) is 0 Å². The molecule has 4 N–H and O–H groups in total. The predicted molar refractivity (Wildman–Crippen MR) is 64.5 cm³/mol. The van der Waals surface area contributed by atoms with Crippen LogP contribution in [0.1, 0.15) is 39.0 Å². The molecule has 1 atom stereocenters. The topological polar surface area (TPSA) is 109 Å². The van der Waals surface area contributed by atoms with Gasteiger partial charge in [0.1, 0.15) is 6.04 Å². The number of amides is 2. The Morgan fingerprint density at radius 3 is 2.28 bits per heavy atom. The van der Waals surface area contributed by atoms with E-state index in [4.69, 9.17) is 10.8 Å². The van der Waals surface area contributed by atoms with Crippen LogP contribution in [0.2, 0.25) is 0 Å². The number of carbonyl (C=O) groups excluding carboxylic acids is 2. The van der Waals surface area contributed by atoms with Gasteiger partial charge in [0.2, 0.25) is 11.8 Å². The van der Waals surface area contributed by atoms with Gasteiger partial charge in [-0.2, -0.15) is 0 Å². The van der Waals surface area contributed by atoms with E-state index >= 15 is 0 Å². The van der Waals surface area contributed by atoms with Crippen LogP contribution in [-0.4, -0.2) is 28.9 Å². The molecule has 0 aromatic heterocycles. The monoisotopic (exact) mass is 256 g/mol. The van der Waals surface area contributed by atoms with Crippen LogP contribution in [0, 0.1) is 11.8 Å². The average molecular weight is 256 g/mol. The molecular formula is C12H20N2O4. The number of rotatable bonds is 5. The summed E-state index contributed by atoms with van der Waals surface area (Å²) < 4.78 is 0. The lowest BCUT2D eigenvalue weighted by atomic mass is 9.82. The molecule has 2 amide bonds. The minimum atomic E-state index is -1.23. The third-order valence-corrected chi connectivity index (χ3v) is 3.41. The lowest BCUT2D eigenvalue weighted by Crippen LogP contribution is -2.46. The SMILES string of the molecule is CC1CCC(C(=O)N[C@H](CC(N)=O)C(=O)O)CC1. The van der Waals surface area contributed by atoms with Crippen LogP contribution in [0.4, 0.5) is 0 Å². The van der Waals surface area contributed by atoms with Crippen molar-refractivity contribution in [1.29, 1.82) is 0 Å². The van der Waals surface area contributed by atoms with Crippen LogP contribution in [0.15, 0.2) is 0 Å². The van der Waals surface area contributed by atoms with Crippen LogP contribution < -0.4 is 11.1 Å². The van der Waals surface area contributed by atoms with Crippen molar-refractivity contribution in [3.8, 4) is 0 Å². The Balaban J connectivity index is 2.50. The summed E-state index contributed by atoms with van der Waals surface area (Å²) in [6.07, 6.45) is 3.13. The predicted octanol–water partition coefficient (Wildman–Crippen LogP) is 0.258. The summed E-state index contributed by atoms with van der Waals surface area (Å²) in [4.78, 5) is 33.5. The number of hydrogen-bond donors (Lipinski definition) is 3. The Kier molecular flexibility index (Phi) is 5.12. The van der Waals surface area contributed by atoms with E-state index in [0.717, 1.165) is 25.7 Å². The fourth-order valence-corrected chi connectivity index (χ4v) is 2.21. The summed E-state index contributed by atoms with van der Waals surface area (Å²) in [5.41, 5.74) is 4.95. The summed E-state index contributed by atoms with van der Waals surface area (Å²) in [6.45, 7) is 2.14. The molecule has 0 aromatic carbocycles. The van der Waals surface area contributed by atoms with Gasteiger partial charge in [-0.25, -0.2) is 4.79 Å². The van der Waals surface area contributed by atoms with Gasteiger partial charge in [-0.3, -0.25) is 9.59 Å². The summed E-state index contributed by atoms with van der Waals surface area (Å²) >= 11 is 0. The van der Waals surface area contributed by atoms with Crippen LogP contribution in [-0.2, 0) is 14.4 Å². The average Bonchev–Trinajstić information content (AvgIpc) is 2.28. The molecule has 1 rings (SSSR count). The first-order chi connectivity index (χ1) is 8.40. The van der Waals surface area contributed by atoms with Gasteiger partial charge >= 0.3 is 5.97 Å². The Labute approximate surface area is 106 Å². The van der Waals surface area contributed by atoms with E-state index in [0.29, 0.717) is 5.92 Å². The minimum absolute atomic E-state index is 0.143. The summed E-state index contributed by atoms with van der Waals surface area (Å²) in [7, 11) is 0. The van der Waals surface area contributed by atoms with Gasteiger partial charge in [0.25, 0.3) is 0 Å². The van der Waals surface area contributed by atoms with Gasteiger partial charge < -0.3 is 16.2 Å². The number of carbonyl (C=O) groups is 3. The van der Waals surface area contributed by atoms with Gasteiger partial charge in [0.15, 0.2) is 0 Å². The quantitative estimate of drug-likeness (QED) is 0.655. The molecule has 0 unspecified atom stereocenters. The molecule has 102 valence electrons. The second-order valence-corrected chi connectivity index (χ2v) is 5.03. The van der Waals surface area contributed by atoms with Gasteiger partial charge in [0, 0.05) is 5.92 Å². The highest BCUT2D eigenvalue weighted by Gasteiger charge is 2.28. The number of nitrogens with two attached hydrogens (primary N) is 1. The van der Waals surface area contributed by atoms with Crippen LogP contribution in [0.25, 0.3) is 0 Å². The molecule has 18 heavy (non-hydrogen) atoms. The number of carboxylic acid groups (broad SMARTS) is 1. The number of carboxylic acids is 1. The summed E-state index contributed by atoms with van der Waals surface area (Å²) in [5.74, 6) is -1.77. The second-order valence-electron chi connectivity index (χ2n) is 5.03. The number of aliphatic carboxylic acids is 1. The Morgan fingerprint density at radius 2 is 1.83 bits per heavy atom. The van der Waals surface area contributed by atoms with E-state index < -0.39 is 17.9 Å². The van der Waals surface area contributed by atoms with E-state index in [2.05, 4.69) is 12.2 Å². The Hall–Kier alpha value is -1.59. The lowest BCUT2D eigenvalue weighted by molar-refractivity contribution is -0.144. The minimum Gasteiger partial charge on any atom is -0.480 e. The van der Waals surface area contributed by atoms with Crippen LogP contribution in [0.5, 0.6) is 0 Å². The van der Waals surface area contributed by atoms with E-state index in [1.165, 1.54) is 0 Å². The molecule has 0 saturated heterocycles. The highest BCUT2D eigenvalue weighted by molar-refractivity contribution is 5.88. The third-order valence-electron chi connectivity index (χ3n) is 3.41. The molecular weight excluding hydrogens is 236 g/mol. The van der Waals surface area contributed by atoms with Crippen molar-refractivity contribution in [2.24, 2.45) is 17.6 Å². The van der Waals surface area contributed by atoms with Crippen molar-refractivity contribution in [3.05, 3.63) is 0 Å². The molecule has 0 heterocycles. The van der Waals surface area contributed by atoms with Crippen LogP contribution in [0.3, 0.4) is 0 Å². The fourth-order valence-electron chi connectivity index (χ4n) is 2.21. The zero-order valence-electron chi connectivity index (χ0n) is 10.5. The molecule has 1 saturated carbocycles. The van der Waals surface area contributed by atoms with Gasteiger partial charge in [-0.1, -0.05) is 6.92 Å². The Bertz CT molecular complexity index is 335. The zero-order valence-corrected chi connectivity index (χ0v) is 10.5. The molecule has 0 bridgehead atoms. The van der Waals surface area contributed by atoms with Crippen molar-refractivity contribution in [2.45, 2.75) is 45.1 Å². The summed E-state index contributed by atoms with van der Waals surface area (Å²) in [5, 5.41) is 11.3. The standard InChI is InChI=1S/C12H20N2O4/c1-7-2-4-8(5-3-7)11(16)14-9(12(17)18)6-10(13)15/h7-9H,2-6H2,1H3,(H2,13,15)(H,14,16)(H,17,18)/t7?,8?,9-/m1/s1. The Morgan fingerprint density at radius 1 is 1.28 bits per heavy atom. The zero-order chi connectivity index (χ0) is 13.7. The molecule has 6 nitrogen and oxygen atoms in total. The first-order valence-electron chi connectivity index (χ1n) is 6.21. The molecule has 0 radical (unpaired) electrons. The molecule has 1 aliphatic rings. The van der Waals surface area contributed by atoms with E-state index in [1.807, 2.05) is 0 Å². The second kappa shape index (κ2) is 6.37. The van der Waals surface area contributed by atoms with Crippen molar-refractivity contribution in [2.75, 3.05) is 0 Å². The van der Waals surface area contributed by atoms with Crippen molar-refractivity contribution < 1.29 is 19.5 Å². The first-order valence-corrected chi connectivity index (χ1v) is 6.21. The number of hydrogen-bond acceptors (Lipinski definition) is 3. The van der Waals surface area contributed by atoms with Gasteiger partial charge in [-0.05, 0) is 31.6 Å². The highest BCUT2D eigenvalue weighted by Crippen LogP contribution is 2.28. The van der Waals surface area contributed by atoms with Crippen molar-refractivity contribution >= 4 is 17.8 Å². The van der Waals surface area contributed by atoms with E-state index in [9.17, 15) is 14.4 Å². The number of nitrogens with one attached hydrogen (secondary N) is 1. The van der Waals surface area contributed by atoms with Gasteiger partial charge in [0.05, 0.1) is 6.42 Å². The highest BCUT2D eigenvalue weighted by atomic mass is 16.4. The molecule has 0 spiro atoms. The smallest absolute Gasteiger partial charge is 0.326 e. The maximum Gasteiger partial charge on any atom is 0.326 e. The first kappa shape index (κ1) is 14.5. The molecule has 0 aliphatic heterocycles. The lowest BCUT2D eigenvalue weighted by Gasteiger charge is -2.26. The van der Waals surface area contributed by atoms with Crippen LogP contribution >= 0.6 is 0 Å². The molecule has 1 fully saturated rings. The normalized spacial score (nSPS) is 25.2. The molecule has 0 aromatic rings. The van der Waals surface area contributed by atoms with E-state index in [-0.39, 0.29) is 18.2 Å². The maximum absolute atomic E-state index is 11.9. The number of primary amides is 1. The van der Waals surface area contributed by atoms with Gasteiger partial charge in [-0.15, -0.1) is 0 Å². The summed E-state index contributed by atoms with van der Waals surface area (Å²) in [6, 6.07) is -1.21. The maximum atomic E-state index is 11.9. The van der Waals surface area contributed by atoms with E-state index in [1.54, 1.807) is 0 Å². The molecule has 1 aliphatic carbocycles. The fraction of sp³-hybridized carbons (Fsp3) is 0.750.